The number of methoxy groups -OCH3 is 1. The predicted molar refractivity (Wildman–Crippen MR) is 141 cm³/mol. The van der Waals surface area contributed by atoms with Crippen molar-refractivity contribution in [1.82, 2.24) is 30.3 Å². The van der Waals surface area contributed by atoms with Gasteiger partial charge < -0.3 is 34.3 Å². The molecule has 3 aliphatic rings. The fraction of sp³-hybridized carbons (Fsp3) is 0.407. The number of amidine groups is 1. The topological polar surface area (TPSA) is 147 Å². The van der Waals surface area contributed by atoms with E-state index >= 15 is 0 Å². The molecule has 2 fully saturated rings. The van der Waals surface area contributed by atoms with Crippen LogP contribution < -0.4 is 15.4 Å². The molecule has 6 rings (SSSR count). The summed E-state index contributed by atoms with van der Waals surface area (Å²) in [6.07, 6.45) is 0.317. The molecule has 3 aromatic rings. The molecular formula is C27H31N7O5. The molecule has 0 saturated carbocycles. The summed E-state index contributed by atoms with van der Waals surface area (Å²) in [5.41, 5.74) is 1.34. The van der Waals surface area contributed by atoms with Crippen LogP contribution in [0.3, 0.4) is 0 Å². The highest BCUT2D eigenvalue weighted by molar-refractivity contribution is 6.00. The van der Waals surface area contributed by atoms with Crippen molar-refractivity contribution in [2.24, 2.45) is 0 Å². The molecule has 2 saturated heterocycles. The molecule has 5 heterocycles. The molecule has 0 spiro atoms. The van der Waals surface area contributed by atoms with E-state index in [0.29, 0.717) is 40.4 Å². The maximum absolute atomic E-state index is 13.3. The number of amides is 2. The van der Waals surface area contributed by atoms with Gasteiger partial charge in [-0.2, -0.15) is 0 Å². The summed E-state index contributed by atoms with van der Waals surface area (Å²) in [5, 5.41) is 24.4. The molecule has 39 heavy (non-hydrogen) atoms. The minimum atomic E-state index is -1.54. The van der Waals surface area contributed by atoms with Gasteiger partial charge in [0.25, 0.3) is 11.8 Å². The van der Waals surface area contributed by atoms with Crippen molar-refractivity contribution in [3.8, 4) is 5.75 Å². The number of aromatic nitrogens is 1. The number of rotatable bonds is 6. The second kappa shape index (κ2) is 9.63. The lowest BCUT2D eigenvalue weighted by atomic mass is 9.95. The summed E-state index contributed by atoms with van der Waals surface area (Å²) in [6.45, 7) is 6.67. The van der Waals surface area contributed by atoms with Crippen LogP contribution in [0.15, 0.2) is 40.9 Å². The Hall–Kier alpha value is -4.00. The molecule has 0 radical (unpaired) electrons. The van der Waals surface area contributed by atoms with Crippen molar-refractivity contribution < 1.29 is 23.8 Å². The Balaban J connectivity index is 1.29. The Bertz CT molecular complexity index is 1460. The second-order valence-corrected chi connectivity index (χ2v) is 10.1. The smallest absolute Gasteiger partial charge is 0.254 e. The Morgan fingerprint density at radius 3 is 2.72 bits per heavy atom. The van der Waals surface area contributed by atoms with Gasteiger partial charge in [-0.05, 0) is 30.3 Å². The highest BCUT2D eigenvalue weighted by Gasteiger charge is 2.52. The minimum absolute atomic E-state index is 0.0735. The highest BCUT2D eigenvalue weighted by Crippen LogP contribution is 2.35. The Morgan fingerprint density at radius 2 is 2.03 bits per heavy atom. The molecule has 1 aromatic carbocycles. The van der Waals surface area contributed by atoms with Crippen molar-refractivity contribution in [3.05, 3.63) is 59.0 Å². The summed E-state index contributed by atoms with van der Waals surface area (Å²) in [5.74, 6) is 0.406. The number of carbonyl (C=O) groups excluding carboxylic acids is 2. The van der Waals surface area contributed by atoms with Gasteiger partial charge in [0.2, 0.25) is 0 Å². The number of ether oxygens (including phenoxy) is 1. The molecule has 2 aromatic heterocycles. The van der Waals surface area contributed by atoms with Crippen LogP contribution in [0.1, 0.15) is 34.2 Å². The molecule has 3 aliphatic heterocycles. The maximum atomic E-state index is 13.3. The lowest BCUT2D eigenvalue weighted by molar-refractivity contribution is -0.125. The lowest BCUT2D eigenvalue weighted by Gasteiger charge is -2.35. The van der Waals surface area contributed by atoms with E-state index in [-0.39, 0.29) is 18.2 Å². The zero-order valence-corrected chi connectivity index (χ0v) is 21.9. The van der Waals surface area contributed by atoms with Gasteiger partial charge in [-0.1, -0.05) is 13.0 Å². The molecule has 4 N–H and O–H groups in total. The van der Waals surface area contributed by atoms with Crippen LogP contribution in [0.2, 0.25) is 0 Å². The molecule has 12 heteroatoms. The van der Waals surface area contributed by atoms with Gasteiger partial charge in [0.05, 0.1) is 13.7 Å². The lowest BCUT2D eigenvalue weighted by Crippen LogP contribution is -2.53. The second-order valence-electron chi connectivity index (χ2n) is 10.1. The summed E-state index contributed by atoms with van der Waals surface area (Å²) >= 11 is 0. The van der Waals surface area contributed by atoms with Crippen molar-refractivity contribution in [2.75, 3.05) is 46.4 Å². The van der Waals surface area contributed by atoms with Crippen molar-refractivity contribution in [1.29, 1.82) is 5.41 Å². The van der Waals surface area contributed by atoms with Gasteiger partial charge in [0.1, 0.15) is 22.9 Å². The fourth-order valence-corrected chi connectivity index (χ4v) is 5.57. The largest absolute Gasteiger partial charge is 0.497 e. The number of pyridine rings is 1. The normalized spacial score (nSPS) is 23.4. The third-order valence-electron chi connectivity index (χ3n) is 7.86. The minimum Gasteiger partial charge on any atom is -0.497 e. The third-order valence-corrected chi connectivity index (χ3v) is 7.86. The maximum Gasteiger partial charge on any atom is 0.254 e. The summed E-state index contributed by atoms with van der Waals surface area (Å²) < 4.78 is 11.4. The van der Waals surface area contributed by atoms with Crippen LogP contribution >= 0.6 is 0 Å². The van der Waals surface area contributed by atoms with E-state index < -0.39 is 17.8 Å². The monoisotopic (exact) mass is 533 g/mol. The molecule has 2 atom stereocenters. The van der Waals surface area contributed by atoms with Gasteiger partial charge in [-0.3, -0.25) is 25.3 Å². The molecule has 204 valence electrons. The first kappa shape index (κ1) is 25.3. The standard InChI is InChI=1S/C27H31N7O5/c1-3-32-6-8-33(9-7-32)23(28)17-10-21-20(29-13-17)12-22(39-21)27(25(36)30-26(37)31-27)15-34-14-16-4-5-18(38-2)11-19(16)24(34)35/h4-5,10-13,26,28,31,37H,3,6-9,14-15H2,1-2H3,(H,30,36)/t26?,27-/m1/s1. The molecule has 0 aliphatic carbocycles. The SMILES string of the molecule is CCN1CCN(C(=N)c2cnc3cc([C@@]4(CN5Cc6ccc(OC)cc6C5=O)NC(O)NC4=O)oc3c2)CC1. The average Bonchev–Trinajstić information content (AvgIpc) is 3.61. The Labute approximate surface area is 225 Å². The first-order valence-electron chi connectivity index (χ1n) is 13.0. The molecular weight excluding hydrogens is 502 g/mol. The van der Waals surface area contributed by atoms with Gasteiger partial charge in [-0.25, -0.2) is 0 Å². The third kappa shape index (κ3) is 4.30. The Kier molecular flexibility index (Phi) is 6.25. The predicted octanol–water partition coefficient (Wildman–Crippen LogP) is 0.646. The summed E-state index contributed by atoms with van der Waals surface area (Å²) in [7, 11) is 1.54. The number of hydrogen-bond acceptors (Lipinski definition) is 9. The highest BCUT2D eigenvalue weighted by atomic mass is 16.5. The molecule has 0 bridgehead atoms. The van der Waals surface area contributed by atoms with Crippen LogP contribution in [0.25, 0.3) is 11.1 Å². The quantitative estimate of drug-likeness (QED) is 0.265. The van der Waals surface area contributed by atoms with Crippen molar-refractivity contribution >= 4 is 28.7 Å². The zero-order valence-electron chi connectivity index (χ0n) is 21.9. The zero-order chi connectivity index (χ0) is 27.3. The van der Waals surface area contributed by atoms with E-state index in [1.807, 2.05) is 11.0 Å². The van der Waals surface area contributed by atoms with E-state index in [1.165, 1.54) is 7.11 Å². The number of aliphatic hydroxyl groups excluding tert-OH is 1. The number of aliphatic hydroxyl groups is 1. The van der Waals surface area contributed by atoms with E-state index in [9.17, 15) is 14.7 Å². The first-order chi connectivity index (χ1) is 18.8. The summed E-state index contributed by atoms with van der Waals surface area (Å²) in [4.78, 5) is 37.0. The van der Waals surface area contributed by atoms with Crippen LogP contribution in [-0.4, -0.2) is 95.2 Å². The first-order valence-corrected chi connectivity index (χ1v) is 13.0. The number of carbonyl (C=O) groups is 2. The van der Waals surface area contributed by atoms with Crippen LogP contribution in [-0.2, 0) is 16.9 Å². The fourth-order valence-electron chi connectivity index (χ4n) is 5.57. The Morgan fingerprint density at radius 1 is 1.23 bits per heavy atom. The van der Waals surface area contributed by atoms with Gasteiger partial charge in [0, 0.05) is 56.1 Å². The van der Waals surface area contributed by atoms with Crippen LogP contribution in [0, 0.1) is 5.41 Å². The van der Waals surface area contributed by atoms with Crippen LogP contribution in [0.5, 0.6) is 5.75 Å². The van der Waals surface area contributed by atoms with Gasteiger partial charge >= 0.3 is 0 Å². The molecule has 2 amide bonds. The van der Waals surface area contributed by atoms with E-state index in [0.717, 1.165) is 38.3 Å². The van der Waals surface area contributed by atoms with E-state index in [1.54, 1.807) is 35.4 Å². The van der Waals surface area contributed by atoms with Gasteiger partial charge in [-0.15, -0.1) is 0 Å². The average molecular weight is 534 g/mol. The van der Waals surface area contributed by atoms with Crippen molar-refractivity contribution in [3.63, 3.8) is 0 Å². The van der Waals surface area contributed by atoms with Crippen LogP contribution in [0.4, 0.5) is 0 Å². The number of hydrogen-bond donors (Lipinski definition) is 4. The number of nitrogens with one attached hydrogen (secondary N) is 3. The van der Waals surface area contributed by atoms with Crippen molar-refractivity contribution in [2.45, 2.75) is 25.4 Å². The van der Waals surface area contributed by atoms with E-state index in [2.05, 4.69) is 27.4 Å². The van der Waals surface area contributed by atoms with E-state index in [4.69, 9.17) is 14.6 Å². The van der Waals surface area contributed by atoms with Gasteiger partial charge in [0.15, 0.2) is 17.5 Å². The summed E-state index contributed by atoms with van der Waals surface area (Å²) in [6, 6.07) is 8.70. The molecule has 12 nitrogen and oxygen atoms in total. The number of fused-ring (bicyclic) bond motifs is 2. The number of piperazine rings is 1. The number of likely N-dealkylation sites (N-methyl/N-ethyl adjacent to an activating group) is 1. The number of benzene rings is 1. The molecule has 1 unspecified atom stereocenters. The number of furan rings is 1. The number of nitrogens with zero attached hydrogens (tertiary/aromatic N) is 4.